The highest BCUT2D eigenvalue weighted by Crippen LogP contribution is 2.41. The number of hydrogen-bond acceptors (Lipinski definition) is 1. The maximum atomic E-state index is 6.94. The van der Waals surface area contributed by atoms with Gasteiger partial charge in [0.15, 0.2) is 0 Å². The normalized spacial score (nSPS) is 18.8. The van der Waals surface area contributed by atoms with Crippen molar-refractivity contribution in [2.45, 2.75) is 63.6 Å². The number of ether oxygens (including phenoxy) is 1. The van der Waals surface area contributed by atoms with Gasteiger partial charge in [-0.15, -0.1) is 6.58 Å². The Morgan fingerprint density at radius 3 is 2.23 bits per heavy atom. The third-order valence-electron chi connectivity index (χ3n) is 5.87. The van der Waals surface area contributed by atoms with Crippen LogP contribution in [0.15, 0.2) is 73.3 Å². The molecule has 0 radical (unpaired) electrons. The summed E-state index contributed by atoms with van der Waals surface area (Å²) < 4.78 is 6.94. The van der Waals surface area contributed by atoms with Crippen molar-refractivity contribution >= 4 is 0 Å². The van der Waals surface area contributed by atoms with Crippen LogP contribution in [-0.4, -0.2) is 5.60 Å². The summed E-state index contributed by atoms with van der Waals surface area (Å²) in [6.07, 6.45) is 10.5. The molecule has 0 aliphatic heterocycles. The topological polar surface area (TPSA) is 9.23 Å². The van der Waals surface area contributed by atoms with Crippen LogP contribution >= 0.6 is 0 Å². The molecule has 0 N–H and O–H groups in total. The van der Waals surface area contributed by atoms with Gasteiger partial charge in [0, 0.05) is 6.42 Å². The van der Waals surface area contributed by atoms with E-state index in [2.05, 4.69) is 74.2 Å². The molecule has 0 heterocycles. The zero-order chi connectivity index (χ0) is 18.2. The third-order valence-corrected chi connectivity index (χ3v) is 5.87. The van der Waals surface area contributed by atoms with Crippen molar-refractivity contribution in [2.24, 2.45) is 5.92 Å². The Morgan fingerprint density at radius 1 is 1.00 bits per heavy atom. The molecule has 1 aliphatic carbocycles. The van der Waals surface area contributed by atoms with Crippen LogP contribution in [0.4, 0.5) is 0 Å². The second kappa shape index (κ2) is 9.19. The molecule has 138 valence electrons. The van der Waals surface area contributed by atoms with Crippen molar-refractivity contribution < 1.29 is 4.74 Å². The highest BCUT2D eigenvalue weighted by Gasteiger charge is 2.37. The molecule has 1 aliphatic rings. The zero-order valence-electron chi connectivity index (χ0n) is 16.1. The average Bonchev–Trinajstić information content (AvgIpc) is 2.70. The molecule has 0 aromatic heterocycles. The zero-order valence-corrected chi connectivity index (χ0v) is 16.1. The van der Waals surface area contributed by atoms with Crippen molar-refractivity contribution in [1.82, 2.24) is 0 Å². The number of hydrogen-bond donors (Lipinski definition) is 0. The molecule has 3 rings (SSSR count). The first-order chi connectivity index (χ1) is 12.7. The van der Waals surface area contributed by atoms with E-state index in [1.54, 1.807) is 0 Å². The Bertz CT molecular complexity index is 657. The van der Waals surface area contributed by atoms with E-state index in [4.69, 9.17) is 4.74 Å². The van der Waals surface area contributed by atoms with Crippen LogP contribution < -0.4 is 0 Å². The van der Waals surface area contributed by atoms with E-state index >= 15 is 0 Å². The van der Waals surface area contributed by atoms with Gasteiger partial charge in [0.25, 0.3) is 0 Å². The van der Waals surface area contributed by atoms with E-state index in [-0.39, 0.29) is 11.7 Å². The molecule has 1 nitrogen and oxygen atoms in total. The maximum Gasteiger partial charge on any atom is 0.0872 e. The van der Waals surface area contributed by atoms with E-state index in [1.807, 2.05) is 6.08 Å². The SMILES string of the molecule is C=CC[C@@](C)(O[C@@H](Cc1ccccc1)c1ccccc1)C1CCCCC1. The fourth-order valence-electron chi connectivity index (χ4n) is 4.36. The number of rotatable bonds is 8. The molecule has 0 amide bonds. The molecule has 2 aromatic carbocycles. The Labute approximate surface area is 159 Å². The van der Waals surface area contributed by atoms with Crippen LogP contribution in [0.25, 0.3) is 0 Å². The summed E-state index contributed by atoms with van der Waals surface area (Å²) >= 11 is 0. The van der Waals surface area contributed by atoms with Crippen LogP contribution in [0.5, 0.6) is 0 Å². The van der Waals surface area contributed by atoms with Crippen molar-refractivity contribution in [1.29, 1.82) is 0 Å². The predicted octanol–water partition coefficient (Wildman–Crippen LogP) is 6.90. The quantitative estimate of drug-likeness (QED) is 0.471. The fourth-order valence-corrected chi connectivity index (χ4v) is 4.36. The molecule has 2 aromatic rings. The van der Waals surface area contributed by atoms with Crippen molar-refractivity contribution in [3.8, 4) is 0 Å². The highest BCUT2D eigenvalue weighted by molar-refractivity contribution is 5.23. The monoisotopic (exact) mass is 348 g/mol. The summed E-state index contributed by atoms with van der Waals surface area (Å²) in [5.74, 6) is 0.622. The molecular formula is C25H32O. The maximum absolute atomic E-state index is 6.94. The summed E-state index contributed by atoms with van der Waals surface area (Å²) in [5.41, 5.74) is 2.45. The van der Waals surface area contributed by atoms with Crippen LogP contribution in [0.3, 0.4) is 0 Å². The molecule has 1 saturated carbocycles. The van der Waals surface area contributed by atoms with E-state index in [1.165, 1.54) is 43.2 Å². The molecule has 1 fully saturated rings. The van der Waals surface area contributed by atoms with Crippen molar-refractivity contribution in [3.63, 3.8) is 0 Å². The van der Waals surface area contributed by atoms with Crippen LogP contribution in [-0.2, 0) is 11.2 Å². The van der Waals surface area contributed by atoms with E-state index in [9.17, 15) is 0 Å². The van der Waals surface area contributed by atoms with Gasteiger partial charge in [-0.2, -0.15) is 0 Å². The van der Waals surface area contributed by atoms with E-state index < -0.39 is 0 Å². The highest BCUT2D eigenvalue weighted by atomic mass is 16.5. The largest absolute Gasteiger partial charge is 0.366 e. The third kappa shape index (κ3) is 4.86. The average molecular weight is 349 g/mol. The van der Waals surface area contributed by atoms with Gasteiger partial charge in [-0.25, -0.2) is 0 Å². The molecule has 1 heteroatoms. The van der Waals surface area contributed by atoms with Crippen LogP contribution in [0.2, 0.25) is 0 Å². The van der Waals surface area contributed by atoms with E-state index in [0.29, 0.717) is 5.92 Å². The van der Waals surface area contributed by atoms with Crippen molar-refractivity contribution in [3.05, 3.63) is 84.4 Å². The first kappa shape index (κ1) is 18.9. The minimum absolute atomic E-state index is 0.0745. The molecule has 0 saturated heterocycles. The van der Waals surface area contributed by atoms with Gasteiger partial charge in [-0.3, -0.25) is 0 Å². The van der Waals surface area contributed by atoms with Gasteiger partial charge in [0.2, 0.25) is 0 Å². The van der Waals surface area contributed by atoms with Gasteiger partial charge in [0.05, 0.1) is 11.7 Å². The molecule has 26 heavy (non-hydrogen) atoms. The van der Waals surface area contributed by atoms with Gasteiger partial charge in [-0.1, -0.05) is 86.0 Å². The summed E-state index contributed by atoms with van der Waals surface area (Å²) in [5, 5.41) is 0. The summed E-state index contributed by atoms with van der Waals surface area (Å²) in [4.78, 5) is 0. The fraction of sp³-hybridized carbons (Fsp3) is 0.440. The van der Waals surface area contributed by atoms with Gasteiger partial charge in [0.1, 0.15) is 0 Å². The summed E-state index contributed by atoms with van der Waals surface area (Å²) in [7, 11) is 0. The standard InChI is InChI=1S/C25H32O/c1-3-19-25(2,23-17-11-6-12-18-23)26-24(22-15-9-5-10-16-22)20-21-13-7-4-8-14-21/h3-5,7-10,13-16,23-24H,1,6,11-12,17-20H2,2H3/t24-,25+/m0/s1. The first-order valence-corrected chi connectivity index (χ1v) is 10.1. The lowest BCUT2D eigenvalue weighted by atomic mass is 9.76. The van der Waals surface area contributed by atoms with Gasteiger partial charge >= 0.3 is 0 Å². The smallest absolute Gasteiger partial charge is 0.0872 e. The lowest BCUT2D eigenvalue weighted by Gasteiger charge is -2.42. The van der Waals surface area contributed by atoms with E-state index in [0.717, 1.165) is 12.8 Å². The van der Waals surface area contributed by atoms with Crippen molar-refractivity contribution in [2.75, 3.05) is 0 Å². The minimum Gasteiger partial charge on any atom is -0.366 e. The lowest BCUT2D eigenvalue weighted by Crippen LogP contribution is -2.40. The second-order valence-electron chi connectivity index (χ2n) is 7.85. The number of benzene rings is 2. The molecule has 2 atom stereocenters. The Kier molecular flexibility index (Phi) is 6.68. The van der Waals surface area contributed by atoms with Crippen LogP contribution in [0.1, 0.15) is 62.7 Å². The Balaban J connectivity index is 1.85. The summed E-state index contributed by atoms with van der Waals surface area (Å²) in [6, 6.07) is 21.4. The predicted molar refractivity (Wildman–Crippen MR) is 110 cm³/mol. The second-order valence-corrected chi connectivity index (χ2v) is 7.85. The Hall–Kier alpha value is -1.86. The lowest BCUT2D eigenvalue weighted by molar-refractivity contribution is -0.124. The minimum atomic E-state index is -0.141. The van der Waals surface area contributed by atoms with Gasteiger partial charge in [-0.05, 0) is 43.2 Å². The molecule has 0 unspecified atom stereocenters. The van der Waals surface area contributed by atoms with Gasteiger partial charge < -0.3 is 4.74 Å². The first-order valence-electron chi connectivity index (χ1n) is 10.1. The Morgan fingerprint density at radius 2 is 1.62 bits per heavy atom. The molecule has 0 spiro atoms. The molecule has 0 bridgehead atoms. The van der Waals surface area contributed by atoms with Crippen LogP contribution in [0, 0.1) is 5.92 Å². The molecular weight excluding hydrogens is 316 g/mol. The summed E-state index contributed by atoms with van der Waals surface area (Å²) in [6.45, 7) is 6.34.